The number of benzene rings is 2. The predicted octanol–water partition coefficient (Wildman–Crippen LogP) is 5.09. The number of amides is 2. The van der Waals surface area contributed by atoms with Gasteiger partial charge in [0.1, 0.15) is 6.04 Å². The molecule has 2 aromatic carbocycles. The van der Waals surface area contributed by atoms with Gasteiger partial charge in [0.2, 0.25) is 11.8 Å². The summed E-state index contributed by atoms with van der Waals surface area (Å²) in [4.78, 5) is 27.4. The number of nitrogens with one attached hydrogen (secondary N) is 1. The van der Waals surface area contributed by atoms with Gasteiger partial charge in [-0.2, -0.15) is 0 Å². The number of hydrogen-bond donors (Lipinski definition) is 1. The van der Waals surface area contributed by atoms with E-state index in [2.05, 4.69) is 11.4 Å². The monoisotopic (exact) mass is 434 g/mol. The number of aryl methyl sites for hydroxylation is 2. The van der Waals surface area contributed by atoms with E-state index in [0.29, 0.717) is 10.0 Å². The highest BCUT2D eigenvalue weighted by Crippen LogP contribution is 2.24. The Morgan fingerprint density at radius 2 is 1.55 bits per heavy atom. The van der Waals surface area contributed by atoms with Crippen molar-refractivity contribution in [2.45, 2.75) is 59.7 Å². The van der Waals surface area contributed by atoms with E-state index in [-0.39, 0.29) is 30.8 Å². The Morgan fingerprint density at radius 1 is 0.931 bits per heavy atom. The standard InChI is InChI=1S/C23H28Cl2N2O2/c1-14(2)26-23(29)17(5)27(13-18-6-7-20(24)21(25)11-18)22(28)12-19-9-15(3)8-16(4)10-19/h6-11,14,17H,12-13H2,1-5H3,(H,26,29)/t17-/m1/s1. The van der Waals surface area contributed by atoms with E-state index in [0.717, 1.165) is 22.3 Å². The summed E-state index contributed by atoms with van der Waals surface area (Å²) in [6.07, 6.45) is 0.225. The fourth-order valence-electron chi connectivity index (χ4n) is 3.27. The van der Waals surface area contributed by atoms with Crippen molar-refractivity contribution in [1.82, 2.24) is 10.2 Å². The summed E-state index contributed by atoms with van der Waals surface area (Å²) in [7, 11) is 0. The highest BCUT2D eigenvalue weighted by Gasteiger charge is 2.26. The summed E-state index contributed by atoms with van der Waals surface area (Å²) < 4.78 is 0. The highest BCUT2D eigenvalue weighted by molar-refractivity contribution is 6.42. The molecule has 0 aliphatic rings. The van der Waals surface area contributed by atoms with Crippen molar-refractivity contribution in [2.24, 2.45) is 0 Å². The molecular weight excluding hydrogens is 407 g/mol. The van der Waals surface area contributed by atoms with E-state index in [1.807, 2.05) is 45.9 Å². The van der Waals surface area contributed by atoms with Gasteiger partial charge in [0.25, 0.3) is 0 Å². The molecular formula is C23H28Cl2N2O2. The molecule has 6 heteroatoms. The van der Waals surface area contributed by atoms with Crippen molar-refractivity contribution in [3.63, 3.8) is 0 Å². The summed E-state index contributed by atoms with van der Waals surface area (Å²) in [5, 5.41) is 3.76. The van der Waals surface area contributed by atoms with Crippen LogP contribution in [0.3, 0.4) is 0 Å². The molecule has 0 heterocycles. The molecule has 0 aliphatic heterocycles. The number of nitrogens with zero attached hydrogens (tertiary/aromatic N) is 1. The van der Waals surface area contributed by atoms with Crippen LogP contribution in [0.15, 0.2) is 36.4 Å². The van der Waals surface area contributed by atoms with Gasteiger partial charge in [-0.25, -0.2) is 0 Å². The third kappa shape index (κ3) is 6.76. The number of hydrogen-bond acceptors (Lipinski definition) is 2. The first-order chi connectivity index (χ1) is 13.6. The van der Waals surface area contributed by atoms with Gasteiger partial charge >= 0.3 is 0 Å². The SMILES string of the molecule is Cc1cc(C)cc(CC(=O)N(Cc2ccc(Cl)c(Cl)c2)[C@H](C)C(=O)NC(C)C)c1. The minimum atomic E-state index is -0.620. The fourth-order valence-corrected chi connectivity index (χ4v) is 3.59. The Labute approximate surface area is 183 Å². The Bertz CT molecular complexity index is 876. The van der Waals surface area contributed by atoms with Crippen LogP contribution in [0.25, 0.3) is 0 Å². The fraction of sp³-hybridized carbons (Fsp3) is 0.391. The Morgan fingerprint density at radius 3 is 2.10 bits per heavy atom. The van der Waals surface area contributed by atoms with Gasteiger partial charge in [0.05, 0.1) is 16.5 Å². The highest BCUT2D eigenvalue weighted by atomic mass is 35.5. The quantitative estimate of drug-likeness (QED) is 0.658. The van der Waals surface area contributed by atoms with E-state index in [9.17, 15) is 9.59 Å². The summed E-state index contributed by atoms with van der Waals surface area (Å²) in [5.41, 5.74) is 3.96. The third-order valence-corrected chi connectivity index (χ3v) is 5.31. The molecule has 0 aliphatic carbocycles. The lowest BCUT2D eigenvalue weighted by molar-refractivity contribution is -0.140. The van der Waals surface area contributed by atoms with Gasteiger partial charge in [0, 0.05) is 12.6 Å². The van der Waals surface area contributed by atoms with Gasteiger partial charge in [-0.05, 0) is 57.9 Å². The molecule has 2 rings (SSSR count). The van der Waals surface area contributed by atoms with Crippen LogP contribution in [-0.2, 0) is 22.6 Å². The first-order valence-corrected chi connectivity index (χ1v) is 10.4. The largest absolute Gasteiger partial charge is 0.352 e. The Balaban J connectivity index is 2.30. The van der Waals surface area contributed by atoms with Crippen molar-refractivity contribution in [1.29, 1.82) is 0 Å². The topological polar surface area (TPSA) is 49.4 Å². The Kier molecular flexibility index (Phi) is 8.12. The van der Waals surface area contributed by atoms with Gasteiger partial charge in [-0.15, -0.1) is 0 Å². The molecule has 0 saturated carbocycles. The van der Waals surface area contributed by atoms with Crippen molar-refractivity contribution < 1.29 is 9.59 Å². The van der Waals surface area contributed by atoms with Crippen molar-refractivity contribution in [3.8, 4) is 0 Å². The van der Waals surface area contributed by atoms with Crippen molar-refractivity contribution in [2.75, 3.05) is 0 Å². The lowest BCUT2D eigenvalue weighted by Gasteiger charge is -2.29. The molecule has 2 amide bonds. The molecule has 2 aromatic rings. The van der Waals surface area contributed by atoms with Crippen LogP contribution in [0, 0.1) is 13.8 Å². The molecule has 0 saturated heterocycles. The maximum absolute atomic E-state index is 13.2. The summed E-state index contributed by atoms with van der Waals surface area (Å²) in [6, 6.07) is 10.7. The van der Waals surface area contributed by atoms with Crippen LogP contribution in [-0.4, -0.2) is 28.8 Å². The smallest absolute Gasteiger partial charge is 0.242 e. The second-order valence-electron chi connectivity index (χ2n) is 7.78. The number of rotatable bonds is 7. The van der Waals surface area contributed by atoms with E-state index >= 15 is 0 Å². The van der Waals surface area contributed by atoms with E-state index in [1.165, 1.54) is 0 Å². The zero-order valence-corrected chi connectivity index (χ0v) is 19.1. The first kappa shape index (κ1) is 23.2. The van der Waals surface area contributed by atoms with Crippen LogP contribution < -0.4 is 5.32 Å². The molecule has 0 aromatic heterocycles. The Hall–Kier alpha value is -2.04. The van der Waals surface area contributed by atoms with Crippen molar-refractivity contribution >= 4 is 35.0 Å². The summed E-state index contributed by atoms with van der Waals surface area (Å²) in [5.74, 6) is -0.304. The number of carbonyl (C=O) groups excluding carboxylic acids is 2. The third-order valence-electron chi connectivity index (χ3n) is 4.57. The lowest BCUT2D eigenvalue weighted by Crippen LogP contribution is -2.49. The molecule has 156 valence electrons. The van der Waals surface area contributed by atoms with Crippen LogP contribution >= 0.6 is 23.2 Å². The van der Waals surface area contributed by atoms with Crippen LogP contribution in [0.5, 0.6) is 0 Å². The zero-order chi connectivity index (χ0) is 21.7. The first-order valence-electron chi connectivity index (χ1n) is 9.67. The van der Waals surface area contributed by atoms with Gasteiger partial charge in [-0.3, -0.25) is 9.59 Å². The average molecular weight is 435 g/mol. The molecule has 0 unspecified atom stereocenters. The molecule has 1 N–H and O–H groups in total. The second-order valence-corrected chi connectivity index (χ2v) is 8.60. The van der Waals surface area contributed by atoms with E-state index in [1.54, 1.807) is 24.0 Å². The van der Waals surface area contributed by atoms with E-state index in [4.69, 9.17) is 23.2 Å². The number of halogens is 2. The average Bonchev–Trinajstić information content (AvgIpc) is 2.60. The molecule has 4 nitrogen and oxygen atoms in total. The predicted molar refractivity (Wildman–Crippen MR) is 119 cm³/mol. The molecule has 0 radical (unpaired) electrons. The number of carbonyl (C=O) groups is 2. The second kappa shape index (κ2) is 10.1. The van der Waals surface area contributed by atoms with Gasteiger partial charge < -0.3 is 10.2 Å². The van der Waals surface area contributed by atoms with E-state index < -0.39 is 6.04 Å². The summed E-state index contributed by atoms with van der Waals surface area (Å²) in [6.45, 7) is 9.82. The molecule has 0 spiro atoms. The van der Waals surface area contributed by atoms with Crippen LogP contribution in [0.2, 0.25) is 10.0 Å². The maximum Gasteiger partial charge on any atom is 0.242 e. The minimum Gasteiger partial charge on any atom is -0.352 e. The molecule has 1 atom stereocenters. The minimum absolute atomic E-state index is 0.00805. The van der Waals surface area contributed by atoms with Gasteiger partial charge in [0.15, 0.2) is 0 Å². The van der Waals surface area contributed by atoms with Crippen LogP contribution in [0.1, 0.15) is 43.0 Å². The maximum atomic E-state index is 13.2. The molecule has 29 heavy (non-hydrogen) atoms. The normalized spacial score (nSPS) is 12.0. The lowest BCUT2D eigenvalue weighted by atomic mass is 10.0. The van der Waals surface area contributed by atoms with Crippen molar-refractivity contribution in [3.05, 3.63) is 68.7 Å². The summed E-state index contributed by atoms with van der Waals surface area (Å²) >= 11 is 12.1. The molecule has 0 bridgehead atoms. The van der Waals surface area contributed by atoms with Crippen LogP contribution in [0.4, 0.5) is 0 Å². The molecule has 0 fully saturated rings. The van der Waals surface area contributed by atoms with Gasteiger partial charge in [-0.1, -0.05) is 58.6 Å². The zero-order valence-electron chi connectivity index (χ0n) is 17.6.